The quantitative estimate of drug-likeness (QED) is 0.809. The highest BCUT2D eigenvalue weighted by Crippen LogP contribution is 2.27. The molecule has 0 aliphatic heterocycles. The van der Waals surface area contributed by atoms with E-state index in [-0.39, 0.29) is 18.5 Å². The maximum absolute atomic E-state index is 13.5. The predicted octanol–water partition coefficient (Wildman–Crippen LogP) is 2.87. The SMILES string of the molecule is CC(C)OCCS(=O)(=O)[C@@H](C)c1c(F)cccc1F. The normalized spacial score (nSPS) is 13.8. The molecule has 6 heteroatoms. The third-order valence-electron chi connectivity index (χ3n) is 2.76. The van der Waals surface area contributed by atoms with E-state index in [2.05, 4.69) is 0 Å². The van der Waals surface area contributed by atoms with E-state index in [1.165, 1.54) is 13.0 Å². The molecule has 1 rings (SSSR count). The Morgan fingerprint density at radius 3 is 2.16 bits per heavy atom. The molecule has 0 fully saturated rings. The lowest BCUT2D eigenvalue weighted by Crippen LogP contribution is -2.21. The van der Waals surface area contributed by atoms with Gasteiger partial charge in [0, 0.05) is 5.56 Å². The number of sulfone groups is 1. The lowest BCUT2D eigenvalue weighted by molar-refractivity contribution is 0.0911. The van der Waals surface area contributed by atoms with Crippen LogP contribution < -0.4 is 0 Å². The van der Waals surface area contributed by atoms with Gasteiger partial charge >= 0.3 is 0 Å². The molecule has 1 aromatic carbocycles. The summed E-state index contributed by atoms with van der Waals surface area (Å²) in [5, 5.41) is -1.23. The summed E-state index contributed by atoms with van der Waals surface area (Å²) in [6.07, 6.45) is -0.0873. The van der Waals surface area contributed by atoms with Crippen molar-refractivity contribution in [1.82, 2.24) is 0 Å². The van der Waals surface area contributed by atoms with Crippen molar-refractivity contribution in [3.05, 3.63) is 35.4 Å². The van der Waals surface area contributed by atoms with Gasteiger partial charge in [0.2, 0.25) is 0 Å². The first-order valence-corrected chi connectivity index (χ1v) is 7.74. The molecular formula is C13H18F2O3S. The van der Waals surface area contributed by atoms with Crippen LogP contribution in [-0.2, 0) is 14.6 Å². The Kier molecular flexibility index (Phi) is 5.43. The van der Waals surface area contributed by atoms with Crippen LogP contribution in [0.4, 0.5) is 8.78 Å². The molecule has 0 N–H and O–H groups in total. The Bertz CT molecular complexity index is 506. The molecule has 0 aliphatic rings. The number of hydrogen-bond donors (Lipinski definition) is 0. The van der Waals surface area contributed by atoms with Crippen LogP contribution in [0.15, 0.2) is 18.2 Å². The zero-order valence-corrected chi connectivity index (χ0v) is 12.0. The molecule has 0 unspecified atom stereocenters. The summed E-state index contributed by atoms with van der Waals surface area (Å²) in [5.74, 6) is -1.96. The Balaban J connectivity index is 2.89. The van der Waals surface area contributed by atoms with E-state index in [1.807, 2.05) is 0 Å². The van der Waals surface area contributed by atoms with Crippen LogP contribution in [0.3, 0.4) is 0 Å². The molecule has 3 nitrogen and oxygen atoms in total. The van der Waals surface area contributed by atoms with Gasteiger partial charge < -0.3 is 4.74 Å². The molecule has 108 valence electrons. The average molecular weight is 292 g/mol. The van der Waals surface area contributed by atoms with Crippen LogP contribution in [-0.4, -0.2) is 26.9 Å². The maximum Gasteiger partial charge on any atom is 0.159 e. The molecule has 0 saturated carbocycles. The second kappa shape index (κ2) is 6.43. The second-order valence-electron chi connectivity index (χ2n) is 4.56. The van der Waals surface area contributed by atoms with Crippen LogP contribution in [0.25, 0.3) is 0 Å². The zero-order valence-electron chi connectivity index (χ0n) is 11.2. The predicted molar refractivity (Wildman–Crippen MR) is 69.6 cm³/mol. The molecule has 0 radical (unpaired) electrons. The fourth-order valence-corrected chi connectivity index (χ4v) is 2.92. The molecular weight excluding hydrogens is 274 g/mol. The van der Waals surface area contributed by atoms with Gasteiger partial charge in [0.05, 0.1) is 23.7 Å². The van der Waals surface area contributed by atoms with Crippen LogP contribution in [0, 0.1) is 11.6 Å². The molecule has 0 amide bonds. The Hall–Kier alpha value is -1.01. The largest absolute Gasteiger partial charge is 0.378 e. The summed E-state index contributed by atoms with van der Waals surface area (Å²) < 4.78 is 56.3. The van der Waals surface area contributed by atoms with Crippen LogP contribution in [0.1, 0.15) is 31.6 Å². The summed E-state index contributed by atoms with van der Waals surface area (Å²) >= 11 is 0. The van der Waals surface area contributed by atoms with Crippen molar-refractivity contribution < 1.29 is 21.9 Å². The summed E-state index contributed by atoms with van der Waals surface area (Å²) in [7, 11) is -3.66. The Morgan fingerprint density at radius 2 is 1.68 bits per heavy atom. The van der Waals surface area contributed by atoms with Crippen LogP contribution in [0.2, 0.25) is 0 Å². The number of benzene rings is 1. The van der Waals surface area contributed by atoms with Gasteiger partial charge in [-0.05, 0) is 32.9 Å². The van der Waals surface area contributed by atoms with Gasteiger partial charge in [-0.25, -0.2) is 17.2 Å². The third kappa shape index (κ3) is 4.24. The van der Waals surface area contributed by atoms with Crippen molar-refractivity contribution in [2.75, 3.05) is 12.4 Å². The van der Waals surface area contributed by atoms with E-state index in [9.17, 15) is 17.2 Å². The number of hydrogen-bond acceptors (Lipinski definition) is 3. The highest BCUT2D eigenvalue weighted by molar-refractivity contribution is 7.91. The van der Waals surface area contributed by atoms with Crippen molar-refractivity contribution in [2.45, 2.75) is 32.1 Å². The maximum atomic E-state index is 13.5. The number of halogens is 2. The van der Waals surface area contributed by atoms with Crippen LogP contribution >= 0.6 is 0 Å². The van der Waals surface area contributed by atoms with E-state index in [0.717, 1.165) is 12.1 Å². The lowest BCUT2D eigenvalue weighted by atomic mass is 10.1. The van der Waals surface area contributed by atoms with Crippen molar-refractivity contribution >= 4 is 9.84 Å². The van der Waals surface area contributed by atoms with Gasteiger partial charge in [0.15, 0.2) is 9.84 Å². The first-order valence-electron chi connectivity index (χ1n) is 6.02. The van der Waals surface area contributed by atoms with Gasteiger partial charge in [0.1, 0.15) is 11.6 Å². The van der Waals surface area contributed by atoms with Crippen molar-refractivity contribution in [1.29, 1.82) is 0 Å². The summed E-state index contributed by atoms with van der Waals surface area (Å²) in [5.41, 5.74) is -0.410. The second-order valence-corrected chi connectivity index (χ2v) is 7.01. The van der Waals surface area contributed by atoms with Gasteiger partial charge in [-0.3, -0.25) is 0 Å². The molecule has 1 atom stereocenters. The first-order chi connectivity index (χ1) is 8.75. The van der Waals surface area contributed by atoms with Gasteiger partial charge in [-0.15, -0.1) is 0 Å². The molecule has 0 spiro atoms. The standard InChI is InChI=1S/C13H18F2O3S/c1-9(2)18-7-8-19(16,17)10(3)13-11(14)5-4-6-12(13)15/h4-6,9-10H,7-8H2,1-3H3/t10-/m0/s1. The summed E-state index contributed by atoms with van der Waals surface area (Å²) in [4.78, 5) is 0. The summed E-state index contributed by atoms with van der Waals surface area (Å²) in [6.45, 7) is 4.87. The smallest absolute Gasteiger partial charge is 0.159 e. The Morgan fingerprint density at radius 1 is 1.16 bits per heavy atom. The minimum absolute atomic E-state index is 0.0143. The van der Waals surface area contributed by atoms with E-state index in [0.29, 0.717) is 0 Å². The fourth-order valence-electron chi connectivity index (χ4n) is 1.66. The van der Waals surface area contributed by atoms with E-state index < -0.39 is 32.3 Å². The fraction of sp³-hybridized carbons (Fsp3) is 0.538. The molecule has 0 bridgehead atoms. The molecule has 0 aliphatic carbocycles. The topological polar surface area (TPSA) is 43.4 Å². The van der Waals surface area contributed by atoms with Crippen molar-refractivity contribution in [3.63, 3.8) is 0 Å². The molecule has 0 heterocycles. The van der Waals surface area contributed by atoms with E-state index in [1.54, 1.807) is 13.8 Å². The minimum atomic E-state index is -3.66. The minimum Gasteiger partial charge on any atom is -0.378 e. The van der Waals surface area contributed by atoms with E-state index >= 15 is 0 Å². The van der Waals surface area contributed by atoms with Crippen LogP contribution in [0.5, 0.6) is 0 Å². The lowest BCUT2D eigenvalue weighted by Gasteiger charge is -2.15. The van der Waals surface area contributed by atoms with Gasteiger partial charge in [0.25, 0.3) is 0 Å². The highest BCUT2D eigenvalue weighted by Gasteiger charge is 2.27. The van der Waals surface area contributed by atoms with Gasteiger partial charge in [-0.1, -0.05) is 6.07 Å². The summed E-state index contributed by atoms with van der Waals surface area (Å²) in [6, 6.07) is 3.31. The average Bonchev–Trinajstić information content (AvgIpc) is 2.27. The third-order valence-corrected chi connectivity index (χ3v) is 4.81. The van der Waals surface area contributed by atoms with Crippen molar-refractivity contribution in [3.8, 4) is 0 Å². The van der Waals surface area contributed by atoms with E-state index in [4.69, 9.17) is 4.74 Å². The Labute approximate surface area is 112 Å². The van der Waals surface area contributed by atoms with Gasteiger partial charge in [-0.2, -0.15) is 0 Å². The molecule has 0 aromatic heterocycles. The number of ether oxygens (including phenoxy) is 1. The highest BCUT2D eigenvalue weighted by atomic mass is 32.2. The first kappa shape index (κ1) is 16.0. The monoisotopic (exact) mass is 292 g/mol. The molecule has 1 aromatic rings. The van der Waals surface area contributed by atoms with Crippen molar-refractivity contribution in [2.24, 2.45) is 0 Å². The zero-order chi connectivity index (χ0) is 14.6. The molecule has 0 saturated heterocycles. The molecule has 19 heavy (non-hydrogen) atoms. The number of rotatable bonds is 6.